The van der Waals surface area contributed by atoms with Crippen LogP contribution < -0.4 is 0 Å². The molecular weight excluding hydrogens is 224 g/mol. The molecule has 0 aromatic carbocycles. The van der Waals surface area contributed by atoms with Crippen molar-refractivity contribution in [1.29, 1.82) is 0 Å². The molecule has 0 N–H and O–H groups in total. The van der Waals surface area contributed by atoms with Crippen LogP contribution in [0.25, 0.3) is 11.3 Å². The topological polar surface area (TPSA) is 38.9 Å². The van der Waals surface area contributed by atoms with Crippen LogP contribution in [0.1, 0.15) is 30.1 Å². The van der Waals surface area contributed by atoms with Crippen LogP contribution in [-0.4, -0.2) is 9.97 Å². The Hall–Kier alpha value is -1.35. The van der Waals surface area contributed by atoms with E-state index in [1.807, 2.05) is 13.0 Å². The summed E-state index contributed by atoms with van der Waals surface area (Å²) in [6.07, 6.45) is 5.67. The molecule has 1 aliphatic carbocycles. The maximum Gasteiger partial charge on any atom is 0.136 e. The quantitative estimate of drug-likeness (QED) is 0.746. The van der Waals surface area contributed by atoms with Crippen LogP contribution in [0, 0.1) is 6.92 Å². The van der Waals surface area contributed by atoms with Gasteiger partial charge >= 0.3 is 0 Å². The van der Waals surface area contributed by atoms with E-state index in [1.54, 1.807) is 12.5 Å². The molecule has 0 saturated heterocycles. The largest absolute Gasteiger partial charge is 0.472 e. The maximum atomic E-state index is 6.13. The molecule has 1 fully saturated rings. The molecule has 3 rings (SSSR count). The van der Waals surface area contributed by atoms with Gasteiger partial charge in [-0.3, -0.25) is 0 Å². The van der Waals surface area contributed by atoms with E-state index in [0.717, 1.165) is 22.6 Å². The van der Waals surface area contributed by atoms with E-state index >= 15 is 0 Å². The first-order valence-corrected chi connectivity index (χ1v) is 5.70. The van der Waals surface area contributed by atoms with Gasteiger partial charge in [-0.1, -0.05) is 11.6 Å². The van der Waals surface area contributed by atoms with Crippen molar-refractivity contribution in [1.82, 2.24) is 9.97 Å². The Morgan fingerprint density at radius 1 is 1.38 bits per heavy atom. The van der Waals surface area contributed by atoms with Crippen LogP contribution >= 0.6 is 11.6 Å². The summed E-state index contributed by atoms with van der Waals surface area (Å²) in [7, 11) is 0. The van der Waals surface area contributed by atoms with Crippen molar-refractivity contribution in [2.75, 3.05) is 0 Å². The molecule has 2 aromatic heterocycles. The van der Waals surface area contributed by atoms with E-state index < -0.39 is 0 Å². The highest BCUT2D eigenvalue weighted by Gasteiger charge is 2.28. The van der Waals surface area contributed by atoms with Gasteiger partial charge < -0.3 is 4.42 Å². The second kappa shape index (κ2) is 3.59. The van der Waals surface area contributed by atoms with Crippen molar-refractivity contribution in [2.45, 2.75) is 25.7 Å². The first-order valence-electron chi connectivity index (χ1n) is 5.32. The highest BCUT2D eigenvalue weighted by molar-refractivity contribution is 6.30. The van der Waals surface area contributed by atoms with Crippen molar-refractivity contribution in [3.63, 3.8) is 0 Å². The summed E-state index contributed by atoms with van der Waals surface area (Å²) in [6, 6.07) is 1.89. The lowest BCUT2D eigenvalue weighted by Crippen LogP contribution is -1.98. The summed E-state index contributed by atoms with van der Waals surface area (Å²) in [5, 5.41) is 0.549. The number of halogens is 1. The third-order valence-electron chi connectivity index (χ3n) is 2.84. The molecule has 0 atom stereocenters. The zero-order chi connectivity index (χ0) is 11.1. The average Bonchev–Trinajstić information content (AvgIpc) is 2.98. The lowest BCUT2D eigenvalue weighted by molar-refractivity contribution is 0.568. The monoisotopic (exact) mass is 234 g/mol. The molecule has 82 valence electrons. The van der Waals surface area contributed by atoms with Gasteiger partial charge in [-0.05, 0) is 25.8 Å². The maximum absolute atomic E-state index is 6.13. The molecule has 0 unspecified atom stereocenters. The normalized spacial score (nSPS) is 15.4. The van der Waals surface area contributed by atoms with Gasteiger partial charge in [0.05, 0.1) is 18.2 Å². The summed E-state index contributed by atoms with van der Waals surface area (Å²) in [5.41, 5.74) is 2.76. The molecule has 2 aromatic rings. The number of hydrogen-bond acceptors (Lipinski definition) is 3. The minimum absolute atomic E-state index is 0.503. The van der Waals surface area contributed by atoms with Crippen LogP contribution in [0.3, 0.4) is 0 Å². The van der Waals surface area contributed by atoms with E-state index in [0.29, 0.717) is 11.1 Å². The van der Waals surface area contributed by atoms with Crippen LogP contribution in [0.4, 0.5) is 0 Å². The number of nitrogens with zero attached hydrogens (tertiary/aromatic N) is 2. The zero-order valence-electron chi connectivity index (χ0n) is 8.90. The standard InChI is InChI=1S/C12H11ClN2O/c1-7-10(9-4-5-16-6-9)14-12(8-2-3-8)15-11(7)13/h4-6,8H,2-3H2,1H3. The number of rotatable bonds is 2. The third kappa shape index (κ3) is 1.61. The van der Waals surface area contributed by atoms with Crippen LogP contribution in [0.15, 0.2) is 23.0 Å². The van der Waals surface area contributed by atoms with E-state index in [2.05, 4.69) is 9.97 Å². The predicted octanol–water partition coefficient (Wildman–Crippen LogP) is 3.58. The van der Waals surface area contributed by atoms with Gasteiger partial charge in [0.1, 0.15) is 11.0 Å². The minimum Gasteiger partial charge on any atom is -0.472 e. The Labute approximate surface area is 98.5 Å². The predicted molar refractivity (Wildman–Crippen MR) is 61.5 cm³/mol. The summed E-state index contributed by atoms with van der Waals surface area (Å²) < 4.78 is 5.08. The Morgan fingerprint density at radius 3 is 2.81 bits per heavy atom. The van der Waals surface area contributed by atoms with Crippen molar-refractivity contribution in [3.8, 4) is 11.3 Å². The van der Waals surface area contributed by atoms with Crippen molar-refractivity contribution in [3.05, 3.63) is 35.1 Å². The van der Waals surface area contributed by atoms with Crippen molar-refractivity contribution >= 4 is 11.6 Å². The molecule has 0 spiro atoms. The van der Waals surface area contributed by atoms with Gasteiger partial charge in [0, 0.05) is 17.0 Å². The molecule has 0 bridgehead atoms. The van der Waals surface area contributed by atoms with Crippen molar-refractivity contribution in [2.24, 2.45) is 0 Å². The fourth-order valence-electron chi connectivity index (χ4n) is 1.71. The fourth-order valence-corrected chi connectivity index (χ4v) is 1.89. The Morgan fingerprint density at radius 2 is 2.19 bits per heavy atom. The molecule has 16 heavy (non-hydrogen) atoms. The second-order valence-corrected chi connectivity index (χ2v) is 4.49. The van der Waals surface area contributed by atoms with E-state index in [4.69, 9.17) is 16.0 Å². The Bertz CT molecular complexity index is 518. The summed E-state index contributed by atoms with van der Waals surface area (Å²) >= 11 is 6.13. The molecule has 0 amide bonds. The van der Waals surface area contributed by atoms with Gasteiger partial charge in [-0.25, -0.2) is 9.97 Å². The van der Waals surface area contributed by atoms with Gasteiger partial charge in [0.15, 0.2) is 0 Å². The molecule has 0 radical (unpaired) electrons. The number of aromatic nitrogens is 2. The number of furan rings is 1. The lowest BCUT2D eigenvalue weighted by Gasteiger charge is -2.06. The van der Waals surface area contributed by atoms with Gasteiger partial charge in [0.2, 0.25) is 0 Å². The van der Waals surface area contributed by atoms with E-state index in [1.165, 1.54) is 12.8 Å². The van der Waals surface area contributed by atoms with E-state index in [-0.39, 0.29) is 0 Å². The first-order chi connectivity index (χ1) is 7.75. The zero-order valence-corrected chi connectivity index (χ0v) is 9.66. The average molecular weight is 235 g/mol. The molecule has 0 aliphatic heterocycles. The highest BCUT2D eigenvalue weighted by atomic mass is 35.5. The minimum atomic E-state index is 0.503. The van der Waals surface area contributed by atoms with Crippen LogP contribution in [0.5, 0.6) is 0 Å². The lowest BCUT2D eigenvalue weighted by atomic mass is 10.1. The summed E-state index contributed by atoms with van der Waals surface area (Å²) in [4.78, 5) is 8.91. The summed E-state index contributed by atoms with van der Waals surface area (Å²) in [5.74, 6) is 1.37. The van der Waals surface area contributed by atoms with Gasteiger partial charge in [-0.15, -0.1) is 0 Å². The highest BCUT2D eigenvalue weighted by Crippen LogP contribution is 2.40. The SMILES string of the molecule is Cc1c(Cl)nc(C2CC2)nc1-c1ccoc1. The van der Waals surface area contributed by atoms with Gasteiger partial charge in [-0.2, -0.15) is 0 Å². The summed E-state index contributed by atoms with van der Waals surface area (Å²) in [6.45, 7) is 1.93. The van der Waals surface area contributed by atoms with Crippen LogP contribution in [-0.2, 0) is 0 Å². The molecule has 4 heteroatoms. The smallest absolute Gasteiger partial charge is 0.136 e. The molecular formula is C12H11ClN2O. The fraction of sp³-hybridized carbons (Fsp3) is 0.333. The van der Waals surface area contributed by atoms with Crippen LogP contribution in [0.2, 0.25) is 5.15 Å². The first kappa shape index (κ1) is 9.85. The Kier molecular flexibility index (Phi) is 2.21. The second-order valence-electron chi connectivity index (χ2n) is 4.13. The van der Waals surface area contributed by atoms with Crippen molar-refractivity contribution < 1.29 is 4.42 Å². The Balaban J connectivity index is 2.15. The molecule has 1 saturated carbocycles. The molecule has 2 heterocycles. The molecule has 3 nitrogen and oxygen atoms in total. The third-order valence-corrected chi connectivity index (χ3v) is 3.21. The number of hydrogen-bond donors (Lipinski definition) is 0. The van der Waals surface area contributed by atoms with Gasteiger partial charge in [0.25, 0.3) is 0 Å². The molecule has 1 aliphatic rings. The van der Waals surface area contributed by atoms with E-state index in [9.17, 15) is 0 Å².